The summed E-state index contributed by atoms with van der Waals surface area (Å²) < 4.78 is 28.3. The highest BCUT2D eigenvalue weighted by molar-refractivity contribution is 7.89. The minimum atomic E-state index is -3.45. The van der Waals surface area contributed by atoms with Crippen molar-refractivity contribution in [3.8, 4) is 0 Å². The standard InChI is InChI=1S/C18H30N2O2S/c1-13-14(2)16(4)18(17(5)15(13)3)23(21,22)19-9-8-12-20-10-6-7-11-20/h19H,6-12H2,1-5H3. The van der Waals surface area contributed by atoms with Crippen LogP contribution in [-0.2, 0) is 10.0 Å². The molecule has 130 valence electrons. The summed E-state index contributed by atoms with van der Waals surface area (Å²) in [6.45, 7) is 13.7. The average Bonchev–Trinajstić information content (AvgIpc) is 3.01. The summed E-state index contributed by atoms with van der Waals surface area (Å²) in [6.07, 6.45) is 3.40. The fourth-order valence-corrected chi connectivity index (χ4v) is 5.13. The van der Waals surface area contributed by atoms with Crippen LogP contribution in [0.2, 0.25) is 0 Å². The summed E-state index contributed by atoms with van der Waals surface area (Å²) in [6, 6.07) is 0. The van der Waals surface area contributed by atoms with Crippen molar-refractivity contribution in [3.63, 3.8) is 0 Å². The molecule has 2 rings (SSSR count). The molecule has 5 heteroatoms. The molecule has 0 aliphatic carbocycles. The van der Waals surface area contributed by atoms with Crippen LogP contribution in [0, 0.1) is 34.6 Å². The Morgan fingerprint density at radius 2 is 1.35 bits per heavy atom. The van der Waals surface area contributed by atoms with E-state index in [1.54, 1.807) is 0 Å². The fourth-order valence-electron chi connectivity index (χ4n) is 3.46. The number of rotatable bonds is 6. The van der Waals surface area contributed by atoms with Crippen LogP contribution in [0.5, 0.6) is 0 Å². The Hall–Kier alpha value is -0.910. The van der Waals surface area contributed by atoms with E-state index < -0.39 is 10.0 Å². The molecule has 1 fully saturated rings. The Morgan fingerprint density at radius 1 is 0.870 bits per heavy atom. The SMILES string of the molecule is Cc1c(C)c(C)c(S(=O)(=O)NCCCN2CCCC2)c(C)c1C. The van der Waals surface area contributed by atoms with Gasteiger partial charge in [-0.2, -0.15) is 0 Å². The van der Waals surface area contributed by atoms with Crippen LogP contribution >= 0.6 is 0 Å². The lowest BCUT2D eigenvalue weighted by Crippen LogP contribution is -2.30. The molecule has 1 saturated heterocycles. The van der Waals surface area contributed by atoms with Crippen LogP contribution in [0.3, 0.4) is 0 Å². The smallest absolute Gasteiger partial charge is 0.241 e. The van der Waals surface area contributed by atoms with E-state index in [0.717, 1.165) is 48.3 Å². The minimum Gasteiger partial charge on any atom is -0.303 e. The van der Waals surface area contributed by atoms with Gasteiger partial charge in [-0.3, -0.25) is 0 Å². The third-order valence-corrected chi connectivity index (χ3v) is 7.08. The van der Waals surface area contributed by atoms with Gasteiger partial charge in [0.15, 0.2) is 0 Å². The summed E-state index contributed by atoms with van der Waals surface area (Å²) in [5.41, 5.74) is 5.08. The first-order chi connectivity index (χ1) is 10.8. The van der Waals surface area contributed by atoms with E-state index in [9.17, 15) is 8.42 Å². The van der Waals surface area contributed by atoms with Gasteiger partial charge < -0.3 is 4.90 Å². The molecule has 1 heterocycles. The Balaban J connectivity index is 2.10. The number of benzene rings is 1. The second-order valence-corrected chi connectivity index (χ2v) is 8.46. The molecule has 0 aromatic heterocycles. The molecular formula is C18H30N2O2S. The van der Waals surface area contributed by atoms with Gasteiger partial charge in [0.25, 0.3) is 0 Å². The number of nitrogens with one attached hydrogen (secondary N) is 1. The average molecular weight is 339 g/mol. The number of hydrogen-bond acceptors (Lipinski definition) is 3. The summed E-state index contributed by atoms with van der Waals surface area (Å²) in [5.74, 6) is 0. The topological polar surface area (TPSA) is 49.4 Å². The van der Waals surface area contributed by atoms with Gasteiger partial charge in [-0.25, -0.2) is 13.1 Å². The molecule has 0 bridgehead atoms. The lowest BCUT2D eigenvalue weighted by atomic mass is 9.95. The van der Waals surface area contributed by atoms with Crippen molar-refractivity contribution in [1.29, 1.82) is 0 Å². The zero-order valence-electron chi connectivity index (χ0n) is 15.1. The molecular weight excluding hydrogens is 308 g/mol. The monoisotopic (exact) mass is 338 g/mol. The lowest BCUT2D eigenvalue weighted by molar-refractivity contribution is 0.334. The predicted octanol–water partition coefficient (Wildman–Crippen LogP) is 2.99. The van der Waals surface area contributed by atoms with Crippen LogP contribution in [0.15, 0.2) is 4.90 Å². The van der Waals surface area contributed by atoms with Crippen molar-refractivity contribution >= 4 is 10.0 Å². The van der Waals surface area contributed by atoms with E-state index in [1.165, 1.54) is 18.4 Å². The largest absolute Gasteiger partial charge is 0.303 e. The summed E-state index contributed by atoms with van der Waals surface area (Å²) in [7, 11) is -3.45. The van der Waals surface area contributed by atoms with Crippen molar-refractivity contribution in [1.82, 2.24) is 9.62 Å². The summed E-state index contributed by atoms with van der Waals surface area (Å²) >= 11 is 0. The van der Waals surface area contributed by atoms with Crippen LogP contribution in [-0.4, -0.2) is 39.5 Å². The normalized spacial score (nSPS) is 16.2. The number of hydrogen-bond donors (Lipinski definition) is 1. The highest BCUT2D eigenvalue weighted by Crippen LogP contribution is 2.29. The van der Waals surface area contributed by atoms with E-state index in [4.69, 9.17) is 0 Å². The molecule has 23 heavy (non-hydrogen) atoms. The molecule has 1 aliphatic heterocycles. The van der Waals surface area contributed by atoms with Crippen LogP contribution in [0.4, 0.5) is 0 Å². The van der Waals surface area contributed by atoms with Gasteiger partial charge in [0.05, 0.1) is 4.90 Å². The zero-order valence-corrected chi connectivity index (χ0v) is 15.9. The molecule has 0 unspecified atom stereocenters. The maximum atomic E-state index is 12.8. The third-order valence-electron chi connectivity index (χ3n) is 5.34. The minimum absolute atomic E-state index is 0.472. The molecule has 1 aromatic rings. The molecule has 0 atom stereocenters. The van der Waals surface area contributed by atoms with Gasteiger partial charge in [-0.1, -0.05) is 0 Å². The van der Waals surface area contributed by atoms with Crippen LogP contribution < -0.4 is 4.72 Å². The van der Waals surface area contributed by atoms with Crippen molar-refractivity contribution in [3.05, 3.63) is 27.8 Å². The number of nitrogens with zero attached hydrogens (tertiary/aromatic N) is 1. The van der Waals surface area contributed by atoms with Crippen molar-refractivity contribution in [2.45, 2.75) is 58.8 Å². The molecule has 1 aliphatic rings. The first-order valence-corrected chi connectivity index (χ1v) is 10.0. The van der Waals surface area contributed by atoms with Crippen molar-refractivity contribution in [2.75, 3.05) is 26.2 Å². The van der Waals surface area contributed by atoms with E-state index in [1.807, 2.05) is 27.7 Å². The molecule has 1 N–H and O–H groups in total. The van der Waals surface area contributed by atoms with Crippen LogP contribution in [0.25, 0.3) is 0 Å². The second-order valence-electron chi connectivity index (χ2n) is 6.75. The molecule has 0 spiro atoms. The molecule has 0 saturated carbocycles. The molecule has 4 nitrogen and oxygen atoms in total. The molecule has 0 radical (unpaired) electrons. The quantitative estimate of drug-likeness (QED) is 0.811. The Labute approximate surface area is 141 Å². The van der Waals surface area contributed by atoms with E-state index in [0.29, 0.717) is 11.4 Å². The molecule has 0 amide bonds. The Kier molecular flexibility index (Phi) is 5.87. The Morgan fingerprint density at radius 3 is 1.87 bits per heavy atom. The maximum Gasteiger partial charge on any atom is 0.241 e. The summed E-state index contributed by atoms with van der Waals surface area (Å²) in [5, 5.41) is 0. The third kappa shape index (κ3) is 3.95. The summed E-state index contributed by atoms with van der Waals surface area (Å²) in [4.78, 5) is 2.88. The number of sulfonamides is 1. The van der Waals surface area contributed by atoms with Crippen molar-refractivity contribution in [2.24, 2.45) is 0 Å². The second kappa shape index (κ2) is 7.32. The van der Waals surface area contributed by atoms with E-state index in [2.05, 4.69) is 16.5 Å². The van der Waals surface area contributed by atoms with Gasteiger partial charge in [-0.15, -0.1) is 0 Å². The Bertz CT molecular complexity index is 646. The first-order valence-electron chi connectivity index (χ1n) is 8.54. The zero-order chi connectivity index (χ0) is 17.2. The predicted molar refractivity (Wildman–Crippen MR) is 95.6 cm³/mol. The van der Waals surface area contributed by atoms with Gasteiger partial charge in [0.2, 0.25) is 10.0 Å². The van der Waals surface area contributed by atoms with Gasteiger partial charge in [-0.05, 0) is 101 Å². The lowest BCUT2D eigenvalue weighted by Gasteiger charge is -2.19. The van der Waals surface area contributed by atoms with Gasteiger partial charge in [0.1, 0.15) is 0 Å². The van der Waals surface area contributed by atoms with Gasteiger partial charge >= 0.3 is 0 Å². The van der Waals surface area contributed by atoms with Crippen LogP contribution in [0.1, 0.15) is 47.1 Å². The molecule has 1 aromatic carbocycles. The first kappa shape index (κ1) is 18.4. The highest BCUT2D eigenvalue weighted by atomic mass is 32.2. The van der Waals surface area contributed by atoms with E-state index in [-0.39, 0.29) is 0 Å². The fraction of sp³-hybridized carbons (Fsp3) is 0.667. The number of likely N-dealkylation sites (tertiary alicyclic amines) is 1. The highest BCUT2D eigenvalue weighted by Gasteiger charge is 2.23. The van der Waals surface area contributed by atoms with Gasteiger partial charge in [0, 0.05) is 6.54 Å². The van der Waals surface area contributed by atoms with Crippen molar-refractivity contribution < 1.29 is 8.42 Å². The van der Waals surface area contributed by atoms with E-state index >= 15 is 0 Å². The maximum absolute atomic E-state index is 12.8.